The van der Waals surface area contributed by atoms with Crippen LogP contribution in [-0.4, -0.2) is 376 Å². The van der Waals surface area contributed by atoms with Crippen molar-refractivity contribution in [1.29, 1.82) is 0 Å². The van der Waals surface area contributed by atoms with E-state index in [1.807, 2.05) is 0 Å². The third kappa shape index (κ3) is 17.4. The molecular formula is C54H92N4O35. The van der Waals surface area contributed by atoms with Crippen LogP contribution in [0.5, 0.6) is 0 Å². The summed E-state index contributed by atoms with van der Waals surface area (Å²) in [5.74, 6) is -3.06. The van der Waals surface area contributed by atoms with Gasteiger partial charge < -0.3 is 175 Å². The van der Waals surface area contributed by atoms with Gasteiger partial charge in [0.05, 0.1) is 58.4 Å². The van der Waals surface area contributed by atoms with Gasteiger partial charge in [0.2, 0.25) is 23.6 Å². The fraction of sp³-hybridized carbons (Fsp3) is 0.926. The summed E-state index contributed by atoms with van der Waals surface area (Å²) in [6, 6.07) is -6.38. The topological polar surface area (TPSA) is 601 Å². The summed E-state index contributed by atoms with van der Waals surface area (Å²) in [4.78, 5) is 50.1. The first-order valence-corrected chi connectivity index (χ1v) is 30.1. The average Bonchev–Trinajstić information content (AvgIpc) is 0.778. The molecule has 0 spiro atoms. The van der Waals surface area contributed by atoms with Crippen molar-refractivity contribution >= 4 is 23.6 Å². The zero-order valence-corrected chi connectivity index (χ0v) is 51.6. The lowest BCUT2D eigenvalue weighted by Gasteiger charge is -2.52. The lowest BCUT2D eigenvalue weighted by atomic mass is 9.78. The van der Waals surface area contributed by atoms with Crippen LogP contribution in [0.2, 0.25) is 0 Å². The molecule has 7 heterocycles. The van der Waals surface area contributed by atoms with Gasteiger partial charge in [0.15, 0.2) is 37.7 Å². The number of hydrogen-bond acceptors (Lipinski definition) is 35. The van der Waals surface area contributed by atoms with Crippen molar-refractivity contribution in [3.8, 4) is 0 Å². The lowest BCUT2D eigenvalue weighted by Crippen LogP contribution is -2.71. The van der Waals surface area contributed by atoms with Crippen molar-refractivity contribution in [1.82, 2.24) is 21.3 Å². The highest BCUT2D eigenvalue weighted by Crippen LogP contribution is 2.40. The third-order valence-corrected chi connectivity index (χ3v) is 17.0. The molecule has 35 unspecified atom stereocenters. The Hall–Kier alpha value is -3.36. The normalized spacial score (nSPS) is 46.7. The molecule has 0 radical (unpaired) electrons. The molecule has 22 N–H and O–H groups in total. The average molecular weight is 1360 g/mol. The largest absolute Gasteiger partial charge is 0.394 e. The lowest BCUT2D eigenvalue weighted by molar-refractivity contribution is -0.395. The van der Waals surface area contributed by atoms with Gasteiger partial charge in [-0.05, 0) is 5.41 Å². The van der Waals surface area contributed by atoms with Crippen molar-refractivity contribution in [2.45, 2.75) is 263 Å². The van der Waals surface area contributed by atoms with Crippen LogP contribution in [0, 0.1) is 5.41 Å². The monoisotopic (exact) mass is 1360 g/mol. The molecule has 0 saturated carbocycles. The number of aliphatic hydroxyl groups excluding tert-OH is 18. The predicted octanol–water partition coefficient (Wildman–Crippen LogP) is -13.6. The molecule has 0 aromatic carbocycles. The molecule has 35 atom stereocenters. The number of aliphatic hydroxyl groups is 18. The molecule has 0 aromatic heterocycles. The molecule has 7 aliphatic rings. The summed E-state index contributed by atoms with van der Waals surface area (Å²) in [6.07, 6.45) is -59.9. The highest BCUT2D eigenvalue weighted by molar-refractivity contribution is 5.74. The number of rotatable bonds is 23. The smallest absolute Gasteiger partial charge is 0.217 e. The number of nitrogens with one attached hydrogen (secondary N) is 4. The van der Waals surface area contributed by atoms with E-state index in [9.17, 15) is 111 Å². The molecule has 7 rings (SSSR count). The maximum absolute atomic E-state index is 13.0. The van der Waals surface area contributed by atoms with E-state index in [1.165, 1.54) is 6.92 Å². The zero-order chi connectivity index (χ0) is 69.0. The maximum Gasteiger partial charge on any atom is 0.217 e. The number of amides is 4. The SMILES string of the molecule is CC(=O)NC1C(OC2C(OCC3OC(OC4C(CO)OC(OC5C(CO)OC(C(C)(C)C)C(NC(C)=O)C5O)C(NC(C)=O)C4O)C(O)C(OC4OC(CO)C(O)C(O)C4OC4OC(CO)C(O)C(O)C4NC(C)=O)C3O)OC(CO)C(O)C2O)OC(CO)C(O)C1O. The Kier molecular flexibility index (Phi) is 27.3. The first kappa shape index (κ1) is 77.0. The molecular weight excluding hydrogens is 1260 g/mol. The van der Waals surface area contributed by atoms with Crippen LogP contribution in [0.25, 0.3) is 0 Å². The molecule has 4 amide bonds. The van der Waals surface area contributed by atoms with Gasteiger partial charge in [-0.25, -0.2) is 0 Å². The Bertz CT molecular complexity index is 2410. The Balaban J connectivity index is 1.25. The summed E-state index contributed by atoms with van der Waals surface area (Å²) in [6.45, 7) is 2.51. The van der Waals surface area contributed by atoms with E-state index in [0.717, 1.165) is 20.8 Å². The van der Waals surface area contributed by atoms with Crippen LogP contribution >= 0.6 is 0 Å². The minimum Gasteiger partial charge on any atom is -0.394 e. The number of carbonyl (C=O) groups is 4. The number of ether oxygens (including phenoxy) is 13. The Morgan fingerprint density at radius 1 is 0.312 bits per heavy atom. The van der Waals surface area contributed by atoms with Gasteiger partial charge in [-0.3, -0.25) is 19.2 Å². The van der Waals surface area contributed by atoms with Gasteiger partial charge in [-0.2, -0.15) is 0 Å². The van der Waals surface area contributed by atoms with Gasteiger partial charge in [0, 0.05) is 27.7 Å². The van der Waals surface area contributed by atoms with Gasteiger partial charge in [0.1, 0.15) is 165 Å². The molecule has 0 aromatic rings. The van der Waals surface area contributed by atoms with Crippen molar-refractivity contribution in [3.63, 3.8) is 0 Å². The molecule has 7 saturated heterocycles. The quantitative estimate of drug-likeness (QED) is 0.0452. The summed E-state index contributed by atoms with van der Waals surface area (Å²) >= 11 is 0. The molecule has 0 aliphatic carbocycles. The highest BCUT2D eigenvalue weighted by atomic mass is 16.8. The van der Waals surface area contributed by atoms with E-state index in [-0.39, 0.29) is 0 Å². The van der Waals surface area contributed by atoms with Crippen molar-refractivity contribution < 1.29 is 173 Å². The maximum atomic E-state index is 13.0. The van der Waals surface area contributed by atoms with Gasteiger partial charge >= 0.3 is 0 Å². The zero-order valence-electron chi connectivity index (χ0n) is 51.6. The minimum atomic E-state index is -2.43. The molecule has 39 nitrogen and oxygen atoms in total. The second-order valence-electron chi connectivity index (χ2n) is 24.9. The first-order chi connectivity index (χ1) is 43.7. The minimum absolute atomic E-state index is 0.589. The molecule has 7 fully saturated rings. The third-order valence-electron chi connectivity index (χ3n) is 17.0. The Labute approximate surface area is 531 Å². The van der Waals surface area contributed by atoms with Crippen molar-refractivity contribution in [2.75, 3.05) is 46.2 Å². The summed E-state index contributed by atoms with van der Waals surface area (Å²) in [7, 11) is 0. The second-order valence-corrected chi connectivity index (χ2v) is 24.9. The van der Waals surface area contributed by atoms with Gasteiger partial charge in [0.25, 0.3) is 0 Å². The van der Waals surface area contributed by atoms with E-state index in [1.54, 1.807) is 20.8 Å². The van der Waals surface area contributed by atoms with Crippen LogP contribution in [0.15, 0.2) is 0 Å². The van der Waals surface area contributed by atoms with E-state index in [2.05, 4.69) is 21.3 Å². The van der Waals surface area contributed by atoms with E-state index >= 15 is 0 Å². The summed E-state index contributed by atoms with van der Waals surface area (Å²) in [5.41, 5.74) is -0.776. The van der Waals surface area contributed by atoms with Crippen LogP contribution < -0.4 is 21.3 Å². The van der Waals surface area contributed by atoms with Crippen LogP contribution in [0.3, 0.4) is 0 Å². The second kappa shape index (κ2) is 33.0. The van der Waals surface area contributed by atoms with Crippen LogP contribution in [0.1, 0.15) is 48.5 Å². The Morgan fingerprint density at radius 2 is 0.613 bits per heavy atom. The van der Waals surface area contributed by atoms with E-state index < -0.39 is 290 Å². The molecule has 7 aliphatic heterocycles. The summed E-state index contributed by atoms with van der Waals surface area (Å²) in [5, 5.41) is 210. The predicted molar refractivity (Wildman–Crippen MR) is 295 cm³/mol. The van der Waals surface area contributed by atoms with Crippen LogP contribution in [0.4, 0.5) is 0 Å². The summed E-state index contributed by atoms with van der Waals surface area (Å²) < 4.78 is 78.1. The highest BCUT2D eigenvalue weighted by Gasteiger charge is 2.59. The fourth-order valence-electron chi connectivity index (χ4n) is 12.2. The number of hydrogen-bond donors (Lipinski definition) is 22. The molecule has 0 bridgehead atoms. The standard InChI is InChI=1S/C54H92N4O35/c1-15(65)55-26-37(76)42(23(12-63)82-47(26)54(5,6)7)89-50-29(58-18(4)68)38(77)43(24(13-64)87-50)90-51-41(80)44(91-53-46(40(79)33(72)22(11-62)86-53)93-49-28(57-17(3)67)36(75)31(70)20(9-60)84-49)34(73)25(88-51)14-81-52-45(39(78)32(71)21(10-61)85-52)92-48-27(56-16(2)66)35(74)30(69)19(8-59)83-48/h19-53,59-64,69-80H,8-14H2,1-7H3,(H,55,65)(H,56,66)(H,57,67)(H,58,68). The molecule has 538 valence electrons. The van der Waals surface area contributed by atoms with E-state index in [4.69, 9.17) is 61.6 Å². The van der Waals surface area contributed by atoms with E-state index in [0.29, 0.717) is 0 Å². The fourth-order valence-corrected chi connectivity index (χ4v) is 12.2. The Morgan fingerprint density at radius 3 is 1.02 bits per heavy atom. The van der Waals surface area contributed by atoms with Gasteiger partial charge in [-0.1, -0.05) is 20.8 Å². The van der Waals surface area contributed by atoms with Crippen LogP contribution in [-0.2, 0) is 80.8 Å². The first-order valence-electron chi connectivity index (χ1n) is 30.1. The van der Waals surface area contributed by atoms with Crippen molar-refractivity contribution in [2.24, 2.45) is 5.41 Å². The molecule has 93 heavy (non-hydrogen) atoms. The van der Waals surface area contributed by atoms with Gasteiger partial charge in [-0.15, -0.1) is 0 Å². The molecule has 39 heteroatoms. The van der Waals surface area contributed by atoms with Crippen molar-refractivity contribution in [3.05, 3.63) is 0 Å². The number of carbonyl (C=O) groups excluding carboxylic acids is 4.